The normalized spacial score (nSPS) is 17.9. The third-order valence-corrected chi connectivity index (χ3v) is 7.78. The number of thioether (sulfide) groups is 1. The number of benzene rings is 1. The van der Waals surface area contributed by atoms with Gasteiger partial charge in [0.15, 0.2) is 5.16 Å². The molecular formula is C26H34N6OS. The lowest BCUT2D eigenvalue weighted by Crippen LogP contribution is -2.33. The molecule has 1 aromatic carbocycles. The maximum atomic E-state index is 5.52. The Morgan fingerprint density at radius 2 is 1.82 bits per heavy atom. The van der Waals surface area contributed by atoms with Crippen molar-refractivity contribution in [3.05, 3.63) is 60.2 Å². The molecule has 0 N–H and O–H groups in total. The van der Waals surface area contributed by atoms with Gasteiger partial charge < -0.3 is 9.64 Å². The van der Waals surface area contributed by atoms with E-state index in [1.165, 1.54) is 25.9 Å². The lowest BCUT2D eigenvalue weighted by atomic mass is 9.95. The maximum Gasteiger partial charge on any atom is 0.195 e. The summed E-state index contributed by atoms with van der Waals surface area (Å²) in [6.45, 7) is 6.56. The Kier molecular flexibility index (Phi) is 7.78. The van der Waals surface area contributed by atoms with Crippen LogP contribution in [0.5, 0.6) is 5.75 Å². The minimum absolute atomic E-state index is 0.395. The van der Waals surface area contributed by atoms with Gasteiger partial charge in [-0.3, -0.25) is 14.5 Å². The van der Waals surface area contributed by atoms with Crippen LogP contribution in [0.3, 0.4) is 0 Å². The molecule has 4 heterocycles. The van der Waals surface area contributed by atoms with Crippen LogP contribution < -0.4 is 4.74 Å². The molecule has 8 heteroatoms. The summed E-state index contributed by atoms with van der Waals surface area (Å²) in [5.74, 6) is 3.36. The van der Waals surface area contributed by atoms with E-state index in [4.69, 9.17) is 9.84 Å². The third-order valence-electron chi connectivity index (χ3n) is 6.87. The van der Waals surface area contributed by atoms with Crippen LogP contribution in [0.15, 0.2) is 53.8 Å². The van der Waals surface area contributed by atoms with Crippen molar-refractivity contribution in [2.45, 2.75) is 43.3 Å². The van der Waals surface area contributed by atoms with Gasteiger partial charge in [-0.25, -0.2) is 0 Å². The summed E-state index contributed by atoms with van der Waals surface area (Å²) < 4.78 is 7.79. The molecule has 0 bridgehead atoms. The Labute approximate surface area is 206 Å². The minimum atomic E-state index is 0.395. The molecule has 0 amide bonds. The van der Waals surface area contributed by atoms with Crippen LogP contribution in [-0.2, 0) is 6.54 Å². The predicted octanol–water partition coefficient (Wildman–Crippen LogP) is 4.24. The van der Waals surface area contributed by atoms with Crippen molar-refractivity contribution in [1.82, 2.24) is 29.5 Å². The van der Waals surface area contributed by atoms with Gasteiger partial charge in [-0.05, 0) is 76.1 Å². The number of aromatic nitrogens is 4. The number of ether oxygens (including phenoxy) is 1. The zero-order valence-corrected chi connectivity index (χ0v) is 20.8. The summed E-state index contributed by atoms with van der Waals surface area (Å²) >= 11 is 1.82. The van der Waals surface area contributed by atoms with Crippen molar-refractivity contribution < 1.29 is 4.74 Å². The van der Waals surface area contributed by atoms with Crippen molar-refractivity contribution >= 4 is 11.8 Å². The molecule has 0 saturated carbocycles. The highest BCUT2D eigenvalue weighted by Gasteiger charge is 2.27. The minimum Gasteiger partial charge on any atom is -0.497 e. The van der Waals surface area contributed by atoms with Gasteiger partial charge in [0, 0.05) is 37.0 Å². The molecule has 5 rings (SSSR count). The monoisotopic (exact) mass is 478 g/mol. The maximum absolute atomic E-state index is 5.52. The molecule has 2 saturated heterocycles. The van der Waals surface area contributed by atoms with Crippen molar-refractivity contribution in [3.63, 3.8) is 0 Å². The van der Waals surface area contributed by atoms with Crippen molar-refractivity contribution in [3.8, 4) is 11.4 Å². The van der Waals surface area contributed by atoms with Gasteiger partial charge in [-0.1, -0.05) is 23.9 Å². The van der Waals surface area contributed by atoms with Gasteiger partial charge in [0.25, 0.3) is 0 Å². The van der Waals surface area contributed by atoms with E-state index in [-0.39, 0.29) is 0 Å². The molecule has 2 aromatic heterocycles. The quantitative estimate of drug-likeness (QED) is 0.426. The second-order valence-corrected chi connectivity index (χ2v) is 10.2. The summed E-state index contributed by atoms with van der Waals surface area (Å²) in [7, 11) is 1.72. The third kappa shape index (κ3) is 5.62. The molecule has 0 spiro atoms. The van der Waals surface area contributed by atoms with Gasteiger partial charge in [0.2, 0.25) is 0 Å². The molecule has 34 heavy (non-hydrogen) atoms. The van der Waals surface area contributed by atoms with Crippen LogP contribution >= 0.6 is 11.8 Å². The standard InChI is InChI=1S/C26H34N6OS/c1-33-24-9-6-8-23(19-24)32-25(28-29-26(32)34-18-17-30-13-4-5-14-30)21-10-15-31(16-11-21)20-22-7-2-3-12-27-22/h2-3,6-9,12,19,21H,4-5,10-11,13-18,20H2,1H3. The van der Waals surface area contributed by atoms with E-state index < -0.39 is 0 Å². The second kappa shape index (κ2) is 11.3. The topological polar surface area (TPSA) is 59.3 Å². The first-order valence-corrected chi connectivity index (χ1v) is 13.4. The summed E-state index contributed by atoms with van der Waals surface area (Å²) in [5.41, 5.74) is 2.22. The van der Waals surface area contributed by atoms with Gasteiger partial charge in [-0.2, -0.15) is 0 Å². The predicted molar refractivity (Wildman–Crippen MR) is 136 cm³/mol. The highest BCUT2D eigenvalue weighted by atomic mass is 32.2. The zero-order valence-electron chi connectivity index (χ0n) is 20.0. The van der Waals surface area contributed by atoms with E-state index in [1.807, 2.05) is 36.2 Å². The first-order chi connectivity index (χ1) is 16.8. The summed E-state index contributed by atoms with van der Waals surface area (Å²) in [6, 6.07) is 14.4. The Bertz CT molecular complexity index is 1040. The fourth-order valence-electron chi connectivity index (χ4n) is 4.97. The second-order valence-electron chi connectivity index (χ2n) is 9.15. The van der Waals surface area contributed by atoms with Gasteiger partial charge in [0.1, 0.15) is 11.6 Å². The highest BCUT2D eigenvalue weighted by Crippen LogP contribution is 2.33. The fourth-order valence-corrected chi connectivity index (χ4v) is 5.93. The number of pyridine rings is 1. The Morgan fingerprint density at radius 3 is 2.59 bits per heavy atom. The first-order valence-electron chi connectivity index (χ1n) is 12.4. The van der Waals surface area contributed by atoms with Gasteiger partial charge in [0.05, 0.1) is 18.5 Å². The number of hydrogen-bond donors (Lipinski definition) is 0. The molecular weight excluding hydrogens is 444 g/mol. The Balaban J connectivity index is 1.31. The number of rotatable bonds is 9. The lowest BCUT2D eigenvalue weighted by molar-refractivity contribution is 0.199. The number of nitrogens with zero attached hydrogens (tertiary/aromatic N) is 6. The van der Waals surface area contributed by atoms with E-state index in [0.717, 1.165) is 72.9 Å². The molecule has 0 aliphatic carbocycles. The van der Waals surface area contributed by atoms with Crippen LogP contribution in [0.2, 0.25) is 0 Å². The largest absolute Gasteiger partial charge is 0.497 e. The van der Waals surface area contributed by atoms with Crippen molar-refractivity contribution in [1.29, 1.82) is 0 Å². The molecule has 2 aliphatic heterocycles. The van der Waals surface area contributed by atoms with Crippen LogP contribution in [-0.4, -0.2) is 75.1 Å². The lowest BCUT2D eigenvalue weighted by Gasteiger charge is -2.31. The van der Waals surface area contributed by atoms with E-state index in [2.05, 4.69) is 48.7 Å². The van der Waals surface area contributed by atoms with E-state index >= 15 is 0 Å². The zero-order chi connectivity index (χ0) is 23.2. The summed E-state index contributed by atoms with van der Waals surface area (Å²) in [6.07, 6.45) is 6.68. The molecule has 0 unspecified atom stereocenters. The molecule has 0 atom stereocenters. The van der Waals surface area contributed by atoms with Gasteiger partial charge in [-0.15, -0.1) is 10.2 Å². The number of methoxy groups -OCH3 is 1. The molecule has 7 nitrogen and oxygen atoms in total. The van der Waals surface area contributed by atoms with Crippen LogP contribution in [0.1, 0.15) is 43.1 Å². The van der Waals surface area contributed by atoms with Gasteiger partial charge >= 0.3 is 0 Å². The van der Waals surface area contributed by atoms with Crippen LogP contribution in [0.25, 0.3) is 5.69 Å². The first kappa shape index (κ1) is 23.3. The van der Waals surface area contributed by atoms with Crippen molar-refractivity contribution in [2.24, 2.45) is 0 Å². The molecule has 2 fully saturated rings. The molecule has 3 aromatic rings. The number of hydrogen-bond acceptors (Lipinski definition) is 7. The molecule has 2 aliphatic rings. The average molecular weight is 479 g/mol. The van der Waals surface area contributed by atoms with E-state index in [1.54, 1.807) is 7.11 Å². The van der Waals surface area contributed by atoms with E-state index in [0.29, 0.717) is 5.92 Å². The van der Waals surface area contributed by atoms with Crippen LogP contribution in [0, 0.1) is 0 Å². The fraction of sp³-hybridized carbons (Fsp3) is 0.500. The summed E-state index contributed by atoms with van der Waals surface area (Å²) in [5, 5.41) is 10.4. The number of likely N-dealkylation sites (tertiary alicyclic amines) is 2. The highest BCUT2D eigenvalue weighted by molar-refractivity contribution is 7.99. The van der Waals surface area contributed by atoms with Crippen LogP contribution in [0.4, 0.5) is 0 Å². The average Bonchev–Trinajstić information content (AvgIpc) is 3.56. The number of piperidine rings is 1. The van der Waals surface area contributed by atoms with Crippen molar-refractivity contribution in [2.75, 3.05) is 45.6 Å². The molecule has 180 valence electrons. The summed E-state index contributed by atoms with van der Waals surface area (Å²) in [4.78, 5) is 9.54. The smallest absolute Gasteiger partial charge is 0.195 e. The molecule has 0 radical (unpaired) electrons. The van der Waals surface area contributed by atoms with E-state index in [9.17, 15) is 0 Å². The SMILES string of the molecule is COc1cccc(-n2c(SCCN3CCCC3)nnc2C2CCN(Cc3ccccn3)CC2)c1. The Hall–Kier alpha value is -2.42. The Morgan fingerprint density at radius 1 is 0.971 bits per heavy atom.